The molecular weight excluding hydrogens is 150 g/mol. The Morgan fingerprint density at radius 1 is 1.50 bits per heavy atom. The van der Waals surface area contributed by atoms with Crippen molar-refractivity contribution in [3.63, 3.8) is 0 Å². The molecule has 0 aromatic carbocycles. The highest BCUT2D eigenvalue weighted by molar-refractivity contribution is 5.95. The van der Waals surface area contributed by atoms with E-state index < -0.39 is 0 Å². The van der Waals surface area contributed by atoms with Crippen LogP contribution in [0, 0.1) is 6.92 Å². The Morgan fingerprint density at radius 2 is 2.25 bits per heavy atom. The smallest absolute Gasteiger partial charge is 0.164 e. The molecule has 1 aromatic rings. The molecule has 2 heteroatoms. The number of Topliss-reactive ketones (excluding diaryl/α,β-unsaturated/α-hetero) is 1. The Hall–Kier alpha value is -1.18. The summed E-state index contributed by atoms with van der Waals surface area (Å²) in [6.07, 6.45) is 3.16. The van der Waals surface area contributed by atoms with E-state index in [1.165, 1.54) is 0 Å². The van der Waals surface area contributed by atoms with Crippen LogP contribution in [0.2, 0.25) is 0 Å². The largest absolute Gasteiger partial charge is 0.294 e. The minimum Gasteiger partial charge on any atom is -0.294 e. The van der Waals surface area contributed by atoms with Crippen LogP contribution in [-0.2, 0) is 0 Å². The maximum Gasteiger partial charge on any atom is 0.164 e. The highest BCUT2D eigenvalue weighted by Gasteiger charge is 2.03. The van der Waals surface area contributed by atoms with E-state index in [2.05, 4.69) is 4.98 Å². The molecule has 0 saturated heterocycles. The third-order valence-electron chi connectivity index (χ3n) is 1.71. The van der Waals surface area contributed by atoms with Crippen LogP contribution in [0.1, 0.15) is 35.8 Å². The Balaban J connectivity index is 2.75. The average Bonchev–Trinajstić information content (AvgIpc) is 2.06. The fourth-order valence-electron chi connectivity index (χ4n) is 1.00. The van der Waals surface area contributed by atoms with E-state index in [0.29, 0.717) is 6.42 Å². The van der Waals surface area contributed by atoms with Crippen molar-refractivity contribution < 1.29 is 4.79 Å². The molecule has 0 aliphatic heterocycles. The summed E-state index contributed by atoms with van der Waals surface area (Å²) in [5, 5.41) is 0. The molecule has 1 rings (SSSR count). The first kappa shape index (κ1) is 8.91. The first-order chi connectivity index (χ1) is 5.74. The van der Waals surface area contributed by atoms with E-state index in [9.17, 15) is 4.79 Å². The van der Waals surface area contributed by atoms with Crippen molar-refractivity contribution in [3.05, 3.63) is 29.6 Å². The number of hydrogen-bond donors (Lipinski definition) is 0. The summed E-state index contributed by atoms with van der Waals surface area (Å²) < 4.78 is 0. The van der Waals surface area contributed by atoms with Gasteiger partial charge in [0.1, 0.15) is 0 Å². The first-order valence-electron chi connectivity index (χ1n) is 4.20. The first-order valence-corrected chi connectivity index (χ1v) is 4.20. The van der Waals surface area contributed by atoms with Gasteiger partial charge in [0.2, 0.25) is 0 Å². The second kappa shape index (κ2) is 4.00. The van der Waals surface area contributed by atoms with Crippen LogP contribution in [0.4, 0.5) is 0 Å². The fraction of sp³-hybridized carbons (Fsp3) is 0.400. The molecule has 0 aliphatic carbocycles. The van der Waals surface area contributed by atoms with Gasteiger partial charge in [-0.1, -0.05) is 6.92 Å². The molecule has 0 saturated carbocycles. The minimum absolute atomic E-state index is 0.185. The van der Waals surface area contributed by atoms with Gasteiger partial charge in [0, 0.05) is 23.9 Å². The second-order valence-corrected chi connectivity index (χ2v) is 2.86. The summed E-state index contributed by atoms with van der Waals surface area (Å²) in [6.45, 7) is 3.91. The van der Waals surface area contributed by atoms with Gasteiger partial charge in [0.05, 0.1) is 0 Å². The highest BCUT2D eigenvalue weighted by Crippen LogP contribution is 2.04. The molecule has 1 heterocycles. The molecule has 0 N–H and O–H groups in total. The third kappa shape index (κ3) is 2.16. The number of nitrogens with zero attached hydrogens (tertiary/aromatic N) is 1. The van der Waals surface area contributed by atoms with Crippen LogP contribution in [0.25, 0.3) is 0 Å². The number of ketones is 1. The summed E-state index contributed by atoms with van der Waals surface area (Å²) in [7, 11) is 0. The van der Waals surface area contributed by atoms with Crippen LogP contribution in [0.3, 0.4) is 0 Å². The SMILES string of the molecule is CCCC(=O)c1ccc(C)nc1. The van der Waals surface area contributed by atoms with E-state index in [0.717, 1.165) is 17.7 Å². The van der Waals surface area contributed by atoms with Gasteiger partial charge < -0.3 is 0 Å². The molecule has 0 aliphatic rings. The normalized spacial score (nSPS) is 9.83. The molecule has 0 spiro atoms. The van der Waals surface area contributed by atoms with Crippen LogP contribution in [0.5, 0.6) is 0 Å². The van der Waals surface area contributed by atoms with Gasteiger partial charge in [-0.25, -0.2) is 0 Å². The number of hydrogen-bond acceptors (Lipinski definition) is 2. The molecule has 64 valence electrons. The van der Waals surface area contributed by atoms with Crippen molar-refractivity contribution in [2.24, 2.45) is 0 Å². The molecule has 12 heavy (non-hydrogen) atoms. The van der Waals surface area contributed by atoms with E-state index in [1.807, 2.05) is 26.0 Å². The summed E-state index contributed by atoms with van der Waals surface area (Å²) in [4.78, 5) is 15.4. The molecule has 0 bridgehead atoms. The topological polar surface area (TPSA) is 30.0 Å². The van der Waals surface area contributed by atoms with Crippen molar-refractivity contribution in [1.29, 1.82) is 0 Å². The van der Waals surface area contributed by atoms with Gasteiger partial charge in [-0.15, -0.1) is 0 Å². The monoisotopic (exact) mass is 163 g/mol. The zero-order valence-electron chi connectivity index (χ0n) is 7.50. The van der Waals surface area contributed by atoms with Crippen molar-refractivity contribution in [1.82, 2.24) is 4.98 Å². The van der Waals surface area contributed by atoms with Gasteiger partial charge in [-0.3, -0.25) is 9.78 Å². The Kier molecular flexibility index (Phi) is 2.97. The predicted molar refractivity (Wildman–Crippen MR) is 48.2 cm³/mol. The van der Waals surface area contributed by atoms with Crippen LogP contribution < -0.4 is 0 Å². The molecule has 0 amide bonds. The maximum atomic E-state index is 11.3. The number of aryl methyl sites for hydroxylation is 1. The van der Waals surface area contributed by atoms with Crippen molar-refractivity contribution in [2.75, 3.05) is 0 Å². The second-order valence-electron chi connectivity index (χ2n) is 2.86. The standard InChI is InChI=1S/C10H13NO/c1-3-4-10(12)9-6-5-8(2)11-7-9/h5-7H,3-4H2,1-2H3. The van der Waals surface area contributed by atoms with Crippen molar-refractivity contribution in [2.45, 2.75) is 26.7 Å². The van der Waals surface area contributed by atoms with E-state index in [-0.39, 0.29) is 5.78 Å². The van der Waals surface area contributed by atoms with Crippen LogP contribution in [0.15, 0.2) is 18.3 Å². The van der Waals surface area contributed by atoms with Crippen LogP contribution >= 0.6 is 0 Å². The summed E-state index contributed by atoms with van der Waals surface area (Å²) in [6, 6.07) is 3.70. The summed E-state index contributed by atoms with van der Waals surface area (Å²) in [5.41, 5.74) is 1.67. The third-order valence-corrected chi connectivity index (χ3v) is 1.71. The maximum absolute atomic E-state index is 11.3. The van der Waals surface area contributed by atoms with Crippen molar-refractivity contribution >= 4 is 5.78 Å². The van der Waals surface area contributed by atoms with Crippen LogP contribution in [-0.4, -0.2) is 10.8 Å². The van der Waals surface area contributed by atoms with Gasteiger partial charge in [0.25, 0.3) is 0 Å². The molecule has 1 aromatic heterocycles. The highest BCUT2D eigenvalue weighted by atomic mass is 16.1. The molecule has 0 radical (unpaired) electrons. The van der Waals surface area contributed by atoms with E-state index >= 15 is 0 Å². The fourth-order valence-corrected chi connectivity index (χ4v) is 1.00. The molecule has 0 fully saturated rings. The zero-order chi connectivity index (χ0) is 8.97. The van der Waals surface area contributed by atoms with Gasteiger partial charge in [-0.05, 0) is 25.5 Å². The lowest BCUT2D eigenvalue weighted by molar-refractivity contribution is 0.0981. The summed E-state index contributed by atoms with van der Waals surface area (Å²) >= 11 is 0. The quantitative estimate of drug-likeness (QED) is 0.640. The predicted octanol–water partition coefficient (Wildman–Crippen LogP) is 2.37. The average molecular weight is 163 g/mol. The van der Waals surface area contributed by atoms with Gasteiger partial charge >= 0.3 is 0 Å². The van der Waals surface area contributed by atoms with E-state index in [4.69, 9.17) is 0 Å². The molecule has 0 unspecified atom stereocenters. The lowest BCUT2D eigenvalue weighted by atomic mass is 10.1. The number of pyridine rings is 1. The van der Waals surface area contributed by atoms with Gasteiger partial charge in [-0.2, -0.15) is 0 Å². The minimum atomic E-state index is 0.185. The van der Waals surface area contributed by atoms with E-state index in [1.54, 1.807) is 6.20 Å². The lowest BCUT2D eigenvalue weighted by Crippen LogP contribution is -1.98. The molecule has 0 atom stereocenters. The Labute approximate surface area is 72.6 Å². The zero-order valence-corrected chi connectivity index (χ0v) is 7.50. The molecular formula is C10H13NO. The number of carbonyl (C=O) groups excluding carboxylic acids is 1. The Bertz CT molecular complexity index is 264. The number of rotatable bonds is 3. The van der Waals surface area contributed by atoms with Gasteiger partial charge in [0.15, 0.2) is 5.78 Å². The molecule has 2 nitrogen and oxygen atoms in total. The summed E-state index contributed by atoms with van der Waals surface area (Å²) in [5.74, 6) is 0.185. The number of aromatic nitrogens is 1. The Morgan fingerprint density at radius 3 is 2.75 bits per heavy atom. The number of carbonyl (C=O) groups is 1. The van der Waals surface area contributed by atoms with Crippen molar-refractivity contribution in [3.8, 4) is 0 Å². The lowest BCUT2D eigenvalue weighted by Gasteiger charge is -1.97.